The second kappa shape index (κ2) is 7.99. The normalized spacial score (nSPS) is 11.8. The number of hydrogen-bond acceptors (Lipinski definition) is 10. The van der Waals surface area contributed by atoms with Gasteiger partial charge in [0.1, 0.15) is 22.3 Å². The molecule has 28 heavy (non-hydrogen) atoms. The average molecular weight is 421 g/mol. The summed E-state index contributed by atoms with van der Waals surface area (Å²) < 4.78 is 38.4. The second-order valence-electron chi connectivity index (χ2n) is 5.63. The van der Waals surface area contributed by atoms with Crippen molar-refractivity contribution in [2.75, 3.05) is 0 Å². The number of phenols is 1. The first kappa shape index (κ1) is 20.4. The number of aromatic hydroxyl groups is 1. The molecule has 0 amide bonds. The molecular weight excluding hydrogens is 409 g/mol. The fraction of sp³-hybridized carbons (Fsp3) is 0.133. The zero-order valence-electron chi connectivity index (χ0n) is 14.2. The number of hydrogen-bond donors (Lipinski definition) is 3. The molecule has 0 fully saturated rings. The lowest BCUT2D eigenvalue weighted by Gasteiger charge is -2.13. The standard InChI is InChI=1S/C15H12BN3O7S2/c1-7-17-13(19-15(16)18-7)4-8-2-3-10-11(14(8)28(22,23)24)5-9(6-12(10)20)27-26-25-21/h2-3,5-6,20-21H,4H2,1H3,(H,22,23,24). The topological polar surface area (TPSA) is 152 Å². The van der Waals surface area contributed by atoms with E-state index in [1.165, 1.54) is 24.3 Å². The Bertz CT molecular complexity index is 1140. The number of aryl methyl sites for hydroxylation is 1. The zero-order chi connectivity index (χ0) is 20.5. The molecule has 0 atom stereocenters. The molecule has 3 aromatic rings. The maximum absolute atomic E-state index is 12.1. The fourth-order valence-electron chi connectivity index (χ4n) is 2.76. The third-order valence-corrected chi connectivity index (χ3v) is 5.25. The van der Waals surface area contributed by atoms with Crippen molar-refractivity contribution in [1.29, 1.82) is 0 Å². The van der Waals surface area contributed by atoms with Crippen LogP contribution in [0.15, 0.2) is 34.1 Å². The quantitative estimate of drug-likeness (QED) is 0.172. The van der Waals surface area contributed by atoms with E-state index in [1.807, 2.05) is 0 Å². The lowest BCUT2D eigenvalue weighted by molar-refractivity contribution is -0.432. The summed E-state index contributed by atoms with van der Waals surface area (Å²) in [6, 6.07) is 5.54. The van der Waals surface area contributed by atoms with Gasteiger partial charge in [-0.3, -0.25) is 4.55 Å². The van der Waals surface area contributed by atoms with Gasteiger partial charge in [0.25, 0.3) is 10.1 Å². The molecule has 0 saturated heterocycles. The molecule has 2 aromatic carbocycles. The van der Waals surface area contributed by atoms with Gasteiger partial charge in [-0.1, -0.05) is 17.2 Å². The maximum atomic E-state index is 12.1. The number of nitrogens with zero attached hydrogens (tertiary/aromatic N) is 3. The van der Waals surface area contributed by atoms with Gasteiger partial charge in [-0.25, -0.2) is 20.2 Å². The number of aromatic nitrogens is 3. The first-order valence-electron chi connectivity index (χ1n) is 7.57. The summed E-state index contributed by atoms with van der Waals surface area (Å²) in [6.45, 7) is 1.61. The minimum Gasteiger partial charge on any atom is -0.507 e. The molecule has 0 unspecified atom stereocenters. The largest absolute Gasteiger partial charge is 0.507 e. The van der Waals surface area contributed by atoms with Gasteiger partial charge in [-0.2, -0.15) is 8.42 Å². The van der Waals surface area contributed by atoms with Gasteiger partial charge in [0, 0.05) is 22.1 Å². The highest BCUT2D eigenvalue weighted by molar-refractivity contribution is 7.94. The molecule has 0 spiro atoms. The van der Waals surface area contributed by atoms with Crippen LogP contribution in [0.5, 0.6) is 5.75 Å². The van der Waals surface area contributed by atoms with E-state index in [0.29, 0.717) is 17.9 Å². The zero-order valence-corrected chi connectivity index (χ0v) is 15.9. The number of rotatable bonds is 6. The first-order valence-corrected chi connectivity index (χ1v) is 9.75. The minimum atomic E-state index is -4.70. The molecule has 10 nitrogen and oxygen atoms in total. The van der Waals surface area contributed by atoms with Gasteiger partial charge >= 0.3 is 0 Å². The molecule has 3 N–H and O–H groups in total. The van der Waals surface area contributed by atoms with E-state index < -0.39 is 15.0 Å². The van der Waals surface area contributed by atoms with E-state index >= 15 is 0 Å². The highest BCUT2D eigenvalue weighted by Gasteiger charge is 2.22. The summed E-state index contributed by atoms with van der Waals surface area (Å²) in [7, 11) is 0.903. The van der Waals surface area contributed by atoms with Crippen LogP contribution >= 0.6 is 12.0 Å². The molecule has 0 aliphatic rings. The van der Waals surface area contributed by atoms with Gasteiger partial charge < -0.3 is 5.11 Å². The van der Waals surface area contributed by atoms with Crippen molar-refractivity contribution >= 4 is 46.5 Å². The Balaban J connectivity index is 2.22. The van der Waals surface area contributed by atoms with Gasteiger partial charge in [0.2, 0.25) is 0 Å². The van der Waals surface area contributed by atoms with Gasteiger partial charge in [0.05, 0.1) is 17.8 Å². The Morgan fingerprint density at radius 3 is 2.57 bits per heavy atom. The summed E-state index contributed by atoms with van der Waals surface area (Å²) in [5.41, 5.74) is 0.162. The fourth-order valence-corrected chi connectivity index (χ4v) is 4.12. The predicted octanol–water partition coefficient (Wildman–Crippen LogP) is 1.10. The Morgan fingerprint density at radius 2 is 1.93 bits per heavy atom. The Labute approximate surface area is 164 Å². The average Bonchev–Trinajstić information content (AvgIpc) is 2.57. The van der Waals surface area contributed by atoms with Crippen LogP contribution < -0.4 is 5.72 Å². The van der Waals surface area contributed by atoms with Crippen molar-refractivity contribution in [3.8, 4) is 5.75 Å². The molecular formula is C15H12BN3O7S2. The van der Waals surface area contributed by atoms with E-state index in [1.54, 1.807) is 6.92 Å². The second-order valence-corrected chi connectivity index (χ2v) is 7.76. The molecule has 144 valence electrons. The molecule has 0 aliphatic carbocycles. The predicted molar refractivity (Wildman–Crippen MR) is 98.8 cm³/mol. The Morgan fingerprint density at radius 1 is 1.18 bits per heavy atom. The van der Waals surface area contributed by atoms with Crippen LogP contribution in [0.2, 0.25) is 0 Å². The monoisotopic (exact) mass is 421 g/mol. The highest BCUT2D eigenvalue weighted by Crippen LogP contribution is 2.37. The maximum Gasteiger partial charge on any atom is 0.295 e. The van der Waals surface area contributed by atoms with E-state index in [2.05, 4.69) is 24.3 Å². The third-order valence-electron chi connectivity index (χ3n) is 3.70. The van der Waals surface area contributed by atoms with Crippen molar-refractivity contribution in [2.24, 2.45) is 0 Å². The summed E-state index contributed by atoms with van der Waals surface area (Å²) in [4.78, 5) is 11.7. The van der Waals surface area contributed by atoms with Crippen molar-refractivity contribution < 1.29 is 32.7 Å². The van der Waals surface area contributed by atoms with Crippen LogP contribution in [0.1, 0.15) is 17.2 Å². The van der Waals surface area contributed by atoms with Gasteiger partial charge in [0.15, 0.2) is 7.85 Å². The Kier molecular flexibility index (Phi) is 5.83. The lowest BCUT2D eigenvalue weighted by Crippen LogP contribution is -2.19. The van der Waals surface area contributed by atoms with E-state index in [9.17, 15) is 18.1 Å². The number of phenolic OH excluding ortho intramolecular Hbond substituents is 1. The van der Waals surface area contributed by atoms with Crippen LogP contribution in [-0.4, -0.2) is 46.1 Å². The van der Waals surface area contributed by atoms with Crippen LogP contribution in [0, 0.1) is 6.92 Å². The third kappa shape index (κ3) is 4.40. The molecule has 0 saturated carbocycles. The van der Waals surface area contributed by atoms with E-state index in [4.69, 9.17) is 13.1 Å². The first-order chi connectivity index (χ1) is 13.2. The molecule has 13 heteroatoms. The van der Waals surface area contributed by atoms with Gasteiger partial charge in [-0.15, -0.1) is 4.33 Å². The summed E-state index contributed by atoms with van der Waals surface area (Å²) in [5.74, 6) is 0.299. The van der Waals surface area contributed by atoms with E-state index in [0.717, 1.165) is 0 Å². The van der Waals surface area contributed by atoms with Gasteiger partial charge in [-0.05, 0) is 24.6 Å². The summed E-state index contributed by atoms with van der Waals surface area (Å²) in [6.07, 6.45) is -0.0625. The minimum absolute atomic E-state index is 0.0193. The smallest absolute Gasteiger partial charge is 0.295 e. The van der Waals surface area contributed by atoms with Crippen molar-refractivity contribution in [1.82, 2.24) is 15.0 Å². The van der Waals surface area contributed by atoms with E-state index in [-0.39, 0.29) is 44.9 Å². The summed E-state index contributed by atoms with van der Waals surface area (Å²) in [5, 5.41) is 22.2. The number of fused-ring (bicyclic) bond motifs is 1. The molecule has 2 radical (unpaired) electrons. The molecule has 1 heterocycles. The van der Waals surface area contributed by atoms with Crippen LogP contribution in [-0.2, 0) is 25.9 Å². The lowest BCUT2D eigenvalue weighted by atomic mass is 10.0. The van der Waals surface area contributed by atoms with Crippen molar-refractivity contribution in [3.05, 3.63) is 41.5 Å². The van der Waals surface area contributed by atoms with Crippen LogP contribution in [0.4, 0.5) is 0 Å². The van der Waals surface area contributed by atoms with Crippen molar-refractivity contribution in [3.63, 3.8) is 0 Å². The van der Waals surface area contributed by atoms with Crippen LogP contribution in [0.25, 0.3) is 10.8 Å². The molecule has 1 aromatic heterocycles. The SMILES string of the molecule is [B]c1nc(C)nc(Cc2ccc3c(O)cc(SOOO)cc3c2S(=O)(=O)O)n1. The Hall–Kier alpha value is -2.29. The summed E-state index contributed by atoms with van der Waals surface area (Å²) >= 11 is 0.524. The van der Waals surface area contributed by atoms with Crippen molar-refractivity contribution in [2.45, 2.75) is 23.1 Å². The van der Waals surface area contributed by atoms with Crippen LogP contribution in [0.3, 0.4) is 0 Å². The molecule has 0 bridgehead atoms. The molecule has 3 rings (SSSR count). The highest BCUT2D eigenvalue weighted by atomic mass is 32.2. The molecule has 0 aliphatic heterocycles. The number of benzene rings is 2.